The summed E-state index contributed by atoms with van der Waals surface area (Å²) >= 11 is 0. The van der Waals surface area contributed by atoms with Gasteiger partial charge < -0.3 is 9.97 Å². The van der Waals surface area contributed by atoms with Gasteiger partial charge in [-0.2, -0.15) is 8.42 Å². The summed E-state index contributed by atoms with van der Waals surface area (Å²) in [5.74, 6) is 0. The number of benzene rings is 3. The Hall–Kier alpha value is -3.35. The average molecular weight is 392 g/mol. The number of aromatic amines is 2. The summed E-state index contributed by atoms with van der Waals surface area (Å²) in [7, 11) is -4.00. The minimum absolute atomic E-state index is 0.0741. The van der Waals surface area contributed by atoms with Crippen molar-refractivity contribution in [3.63, 3.8) is 0 Å². The van der Waals surface area contributed by atoms with Crippen molar-refractivity contribution in [2.45, 2.75) is 4.90 Å². The second-order valence-electron chi connectivity index (χ2n) is 5.92. The number of fused-ring (bicyclic) bond motifs is 2. The van der Waals surface area contributed by atoms with E-state index in [4.69, 9.17) is 4.55 Å². The highest BCUT2D eigenvalue weighted by Gasteiger charge is 2.05. The summed E-state index contributed by atoms with van der Waals surface area (Å²) in [4.78, 5) is 6.16. The molecule has 0 saturated carbocycles. The lowest BCUT2D eigenvalue weighted by atomic mass is 10.3. The highest BCUT2D eigenvalue weighted by Crippen LogP contribution is 2.10. The predicted octanol–water partition coefficient (Wildman–Crippen LogP) is 5.27. The fraction of sp³-hybridized carbons (Fsp3) is 0. The van der Waals surface area contributed by atoms with Gasteiger partial charge in [-0.1, -0.05) is 54.6 Å². The molecular formula is C22H20N2O3S. The van der Waals surface area contributed by atoms with Gasteiger partial charge in [0.25, 0.3) is 10.1 Å². The van der Waals surface area contributed by atoms with Crippen LogP contribution in [0.15, 0.2) is 108 Å². The molecular weight excluding hydrogens is 372 g/mol. The van der Waals surface area contributed by atoms with E-state index < -0.39 is 10.1 Å². The Morgan fingerprint density at radius 2 is 1.00 bits per heavy atom. The fourth-order valence-electron chi connectivity index (χ4n) is 2.58. The summed E-state index contributed by atoms with van der Waals surface area (Å²) in [6, 6.07) is 28.0. The third kappa shape index (κ3) is 5.33. The third-order valence-corrected chi connectivity index (χ3v) is 4.83. The topological polar surface area (TPSA) is 85.9 Å². The van der Waals surface area contributed by atoms with Crippen LogP contribution in [0.4, 0.5) is 0 Å². The molecule has 5 nitrogen and oxygen atoms in total. The molecule has 0 aliphatic rings. The average Bonchev–Trinajstić information content (AvgIpc) is 3.38. The van der Waals surface area contributed by atoms with Gasteiger partial charge in [-0.25, -0.2) is 0 Å². The number of nitrogens with one attached hydrogen (secondary N) is 2. The van der Waals surface area contributed by atoms with Gasteiger partial charge in [-0.3, -0.25) is 4.55 Å². The zero-order chi connectivity index (χ0) is 19.8. The first-order chi connectivity index (χ1) is 13.5. The first-order valence-electron chi connectivity index (χ1n) is 8.61. The highest BCUT2D eigenvalue weighted by atomic mass is 32.2. The second kappa shape index (κ2) is 9.03. The van der Waals surface area contributed by atoms with Crippen molar-refractivity contribution >= 4 is 31.9 Å². The monoisotopic (exact) mass is 392 g/mol. The first-order valence-corrected chi connectivity index (χ1v) is 10.0. The Kier molecular flexibility index (Phi) is 6.26. The molecule has 0 amide bonds. The van der Waals surface area contributed by atoms with Crippen molar-refractivity contribution < 1.29 is 13.0 Å². The van der Waals surface area contributed by atoms with Crippen LogP contribution in [0.5, 0.6) is 0 Å². The smallest absolute Gasteiger partial charge is 0.294 e. The lowest BCUT2D eigenvalue weighted by molar-refractivity contribution is 0.483. The molecule has 0 unspecified atom stereocenters. The minimum atomic E-state index is -4.00. The lowest BCUT2D eigenvalue weighted by Gasteiger charge is -1.92. The van der Waals surface area contributed by atoms with E-state index >= 15 is 0 Å². The van der Waals surface area contributed by atoms with Gasteiger partial charge in [0.2, 0.25) is 0 Å². The summed E-state index contributed by atoms with van der Waals surface area (Å²) < 4.78 is 29.2. The Morgan fingerprint density at radius 1 is 0.571 bits per heavy atom. The second-order valence-corrected chi connectivity index (χ2v) is 7.34. The molecule has 0 spiro atoms. The number of hydrogen-bond donors (Lipinski definition) is 3. The number of rotatable bonds is 1. The van der Waals surface area contributed by atoms with Crippen LogP contribution in [0, 0.1) is 0 Å². The lowest BCUT2D eigenvalue weighted by Crippen LogP contribution is -1.96. The van der Waals surface area contributed by atoms with Crippen LogP contribution < -0.4 is 0 Å². The Morgan fingerprint density at radius 3 is 1.39 bits per heavy atom. The van der Waals surface area contributed by atoms with Crippen LogP contribution in [0.2, 0.25) is 0 Å². The molecule has 6 heteroatoms. The maximum absolute atomic E-state index is 10.4. The molecule has 142 valence electrons. The molecule has 28 heavy (non-hydrogen) atoms. The number of para-hydroxylation sites is 2. The number of aromatic nitrogens is 2. The summed E-state index contributed by atoms with van der Waals surface area (Å²) in [6.07, 6.45) is 3.90. The molecule has 2 heterocycles. The highest BCUT2D eigenvalue weighted by molar-refractivity contribution is 7.85. The molecule has 0 atom stereocenters. The van der Waals surface area contributed by atoms with Crippen LogP contribution in [0.3, 0.4) is 0 Å². The van der Waals surface area contributed by atoms with Gasteiger partial charge in [-0.15, -0.1) is 0 Å². The van der Waals surface area contributed by atoms with E-state index in [0.29, 0.717) is 0 Å². The van der Waals surface area contributed by atoms with Crippen molar-refractivity contribution in [1.82, 2.24) is 9.97 Å². The van der Waals surface area contributed by atoms with Crippen molar-refractivity contribution in [3.8, 4) is 0 Å². The van der Waals surface area contributed by atoms with Crippen LogP contribution in [0.25, 0.3) is 21.8 Å². The van der Waals surface area contributed by atoms with E-state index in [9.17, 15) is 8.42 Å². The fourth-order valence-corrected chi connectivity index (χ4v) is 3.08. The summed E-state index contributed by atoms with van der Waals surface area (Å²) in [5.41, 5.74) is 2.41. The van der Waals surface area contributed by atoms with Crippen molar-refractivity contribution in [3.05, 3.63) is 103 Å². The normalized spacial score (nSPS) is 10.6. The largest absolute Gasteiger partial charge is 0.361 e. The molecule has 3 aromatic carbocycles. The van der Waals surface area contributed by atoms with Crippen LogP contribution in [-0.2, 0) is 10.1 Å². The van der Waals surface area contributed by atoms with Crippen molar-refractivity contribution in [2.75, 3.05) is 0 Å². The van der Waals surface area contributed by atoms with Gasteiger partial charge in [0, 0.05) is 23.4 Å². The van der Waals surface area contributed by atoms with Crippen molar-refractivity contribution in [1.29, 1.82) is 0 Å². The van der Waals surface area contributed by atoms with Crippen molar-refractivity contribution in [2.24, 2.45) is 0 Å². The molecule has 2 aromatic heterocycles. The van der Waals surface area contributed by atoms with E-state index in [1.165, 1.54) is 33.9 Å². The predicted molar refractivity (Wildman–Crippen MR) is 113 cm³/mol. The molecule has 0 aliphatic carbocycles. The molecule has 0 saturated heterocycles. The molecule has 5 aromatic rings. The van der Waals surface area contributed by atoms with Crippen LogP contribution in [0.1, 0.15) is 0 Å². The molecule has 3 N–H and O–H groups in total. The molecule has 0 aliphatic heterocycles. The molecule has 5 rings (SSSR count). The maximum atomic E-state index is 10.4. The van der Waals surface area contributed by atoms with Gasteiger partial charge >= 0.3 is 0 Å². The van der Waals surface area contributed by atoms with Gasteiger partial charge in [-0.05, 0) is 47.2 Å². The van der Waals surface area contributed by atoms with E-state index in [0.717, 1.165) is 0 Å². The molecule has 0 radical (unpaired) electrons. The Balaban J connectivity index is 0.000000121. The zero-order valence-corrected chi connectivity index (χ0v) is 15.8. The number of H-pyrrole nitrogens is 2. The van der Waals surface area contributed by atoms with E-state index in [1.54, 1.807) is 18.2 Å². The quantitative estimate of drug-likeness (QED) is 0.340. The standard InChI is InChI=1S/2C8H7N.C6H6O3S/c2*1-2-4-8-7(3-1)5-6-9-8;7-10(8,9)6-4-2-1-3-5-6/h2*1-6,9H;1-5H,(H,7,8,9). The van der Waals surface area contributed by atoms with E-state index in [2.05, 4.69) is 46.4 Å². The zero-order valence-electron chi connectivity index (χ0n) is 15.0. The summed E-state index contributed by atoms with van der Waals surface area (Å²) in [5, 5.41) is 2.55. The first kappa shape index (κ1) is 19.4. The third-order valence-electron chi connectivity index (χ3n) is 3.97. The van der Waals surface area contributed by atoms with Crippen LogP contribution in [-0.4, -0.2) is 22.9 Å². The van der Waals surface area contributed by atoms with E-state index in [-0.39, 0.29) is 4.90 Å². The number of hydrogen-bond acceptors (Lipinski definition) is 2. The van der Waals surface area contributed by atoms with Crippen LogP contribution >= 0.6 is 0 Å². The van der Waals surface area contributed by atoms with Gasteiger partial charge in [0.05, 0.1) is 4.90 Å². The summed E-state index contributed by atoms with van der Waals surface area (Å²) in [6.45, 7) is 0. The van der Waals surface area contributed by atoms with Gasteiger partial charge in [0.15, 0.2) is 0 Å². The molecule has 0 fully saturated rings. The maximum Gasteiger partial charge on any atom is 0.294 e. The minimum Gasteiger partial charge on any atom is -0.361 e. The SMILES string of the molecule is O=S(=O)(O)c1ccccc1.c1ccc2[nH]ccc2c1.c1ccc2[nH]ccc2c1. The van der Waals surface area contributed by atoms with Gasteiger partial charge in [0.1, 0.15) is 0 Å². The Labute approximate surface area is 163 Å². The van der Waals surface area contributed by atoms with E-state index in [1.807, 2.05) is 36.7 Å². The Bertz CT molecular complexity index is 1120. The molecule has 0 bridgehead atoms.